The lowest BCUT2D eigenvalue weighted by atomic mass is 10.2. The first-order valence-electron chi connectivity index (χ1n) is 12.4. The number of nitrogens with two attached hydrogens (primary N) is 2. The zero-order chi connectivity index (χ0) is 29.1. The number of carbonyl (C=O) groups is 2. The van der Waals surface area contributed by atoms with E-state index in [2.05, 4.69) is 41.0 Å². The molecule has 0 fully saturated rings. The summed E-state index contributed by atoms with van der Waals surface area (Å²) in [6.45, 7) is 4.51. The molecule has 1 aliphatic heterocycles. The van der Waals surface area contributed by atoms with Crippen molar-refractivity contribution >= 4 is 52.1 Å². The summed E-state index contributed by atoms with van der Waals surface area (Å²) >= 11 is 3.12. The molecule has 0 atom stereocenters. The summed E-state index contributed by atoms with van der Waals surface area (Å²) in [7, 11) is 1.70. The van der Waals surface area contributed by atoms with E-state index in [0.717, 1.165) is 49.2 Å². The molecule has 6 rings (SSSR count). The van der Waals surface area contributed by atoms with Crippen LogP contribution in [0.2, 0.25) is 0 Å². The Morgan fingerprint density at radius 3 is 1.93 bits per heavy atom. The number of fused-ring (bicyclic) bond motifs is 2. The molecule has 1 aliphatic rings. The van der Waals surface area contributed by atoms with Gasteiger partial charge in [-0.25, -0.2) is 9.03 Å². The summed E-state index contributed by atoms with van der Waals surface area (Å²) in [5, 5.41) is 31.8. The molecule has 5 aromatic heterocycles. The summed E-state index contributed by atoms with van der Waals surface area (Å²) in [5.74, 6) is 1.22. The SMILES string of the molecule is CCSc1c(C(N)=O)cnn2cc(-c3nnn(C)n3)cc12.CCSc1c(C(N)=O)cnn2cc(C3=NN=NC3)cc12. The zero-order valence-electron chi connectivity index (χ0n) is 22.3. The fraction of sp³-hybridized carbons (Fsp3) is 0.250. The van der Waals surface area contributed by atoms with Gasteiger partial charge in [0.2, 0.25) is 5.82 Å². The van der Waals surface area contributed by atoms with Crippen molar-refractivity contribution in [1.82, 2.24) is 39.4 Å². The molecular weight excluding hydrogens is 566 g/mol. The number of thioether (sulfide) groups is 2. The zero-order valence-corrected chi connectivity index (χ0v) is 23.9. The van der Waals surface area contributed by atoms with Crippen LogP contribution >= 0.6 is 23.5 Å². The first-order valence-corrected chi connectivity index (χ1v) is 14.3. The van der Waals surface area contributed by atoms with E-state index in [9.17, 15) is 9.59 Å². The van der Waals surface area contributed by atoms with Gasteiger partial charge in [-0.2, -0.15) is 20.1 Å². The van der Waals surface area contributed by atoms with Crippen molar-refractivity contribution in [2.45, 2.75) is 23.6 Å². The Labute approximate surface area is 241 Å². The molecule has 41 heavy (non-hydrogen) atoms. The molecule has 15 nitrogen and oxygen atoms in total. The van der Waals surface area contributed by atoms with Crippen molar-refractivity contribution in [3.05, 3.63) is 53.6 Å². The highest BCUT2D eigenvalue weighted by molar-refractivity contribution is 7.99. The van der Waals surface area contributed by atoms with E-state index in [4.69, 9.17) is 11.5 Å². The monoisotopic (exact) mass is 591 g/mol. The van der Waals surface area contributed by atoms with Gasteiger partial charge in [-0.1, -0.05) is 13.8 Å². The Bertz CT molecular complexity index is 1840. The number of aryl methyl sites for hydroxylation is 1. The minimum absolute atomic E-state index is 0.422. The summed E-state index contributed by atoms with van der Waals surface area (Å²) in [6, 6.07) is 3.82. The minimum Gasteiger partial charge on any atom is -0.366 e. The van der Waals surface area contributed by atoms with Gasteiger partial charge in [0.25, 0.3) is 11.8 Å². The summed E-state index contributed by atoms with van der Waals surface area (Å²) in [6.07, 6.45) is 6.65. The quantitative estimate of drug-likeness (QED) is 0.254. The van der Waals surface area contributed by atoms with Gasteiger partial charge in [0.15, 0.2) is 0 Å². The van der Waals surface area contributed by atoms with E-state index in [1.54, 1.807) is 45.8 Å². The maximum absolute atomic E-state index is 11.5. The van der Waals surface area contributed by atoms with E-state index < -0.39 is 11.8 Å². The van der Waals surface area contributed by atoms with Crippen molar-refractivity contribution in [3.63, 3.8) is 0 Å². The molecule has 2 amide bonds. The van der Waals surface area contributed by atoms with Crippen LogP contribution < -0.4 is 11.5 Å². The van der Waals surface area contributed by atoms with Crippen LogP contribution in [0.25, 0.3) is 22.4 Å². The predicted molar refractivity (Wildman–Crippen MR) is 154 cm³/mol. The van der Waals surface area contributed by atoms with Gasteiger partial charge >= 0.3 is 0 Å². The van der Waals surface area contributed by atoms with Crippen molar-refractivity contribution < 1.29 is 9.59 Å². The van der Waals surface area contributed by atoms with Crippen molar-refractivity contribution in [2.75, 3.05) is 18.1 Å². The number of tetrazole rings is 1. The van der Waals surface area contributed by atoms with Crippen LogP contribution in [-0.4, -0.2) is 75.0 Å². The lowest BCUT2D eigenvalue weighted by Crippen LogP contribution is -2.14. The molecule has 0 aliphatic carbocycles. The highest BCUT2D eigenvalue weighted by Crippen LogP contribution is 2.30. The average molecular weight is 592 g/mol. The van der Waals surface area contributed by atoms with Crippen molar-refractivity contribution in [2.24, 2.45) is 34.0 Å². The predicted octanol–water partition coefficient (Wildman–Crippen LogP) is 2.45. The topological polar surface area (TPSA) is 201 Å². The maximum Gasteiger partial charge on any atom is 0.251 e. The summed E-state index contributed by atoms with van der Waals surface area (Å²) < 4.78 is 3.41. The largest absolute Gasteiger partial charge is 0.366 e. The molecule has 0 saturated heterocycles. The fourth-order valence-corrected chi connectivity index (χ4v) is 5.85. The first-order chi connectivity index (χ1) is 19.8. The van der Waals surface area contributed by atoms with Crippen LogP contribution in [0.1, 0.15) is 40.1 Å². The van der Waals surface area contributed by atoms with Gasteiger partial charge < -0.3 is 11.5 Å². The number of aromatic nitrogens is 8. The number of primary amides is 2. The molecule has 6 heterocycles. The summed E-state index contributed by atoms with van der Waals surface area (Å²) in [4.78, 5) is 26.1. The lowest BCUT2D eigenvalue weighted by molar-refractivity contribution is 0.0988. The van der Waals surface area contributed by atoms with Gasteiger partial charge in [0.05, 0.1) is 47.3 Å². The van der Waals surface area contributed by atoms with Crippen LogP contribution in [0.3, 0.4) is 0 Å². The summed E-state index contributed by atoms with van der Waals surface area (Å²) in [5.41, 5.74) is 15.8. The van der Waals surface area contributed by atoms with Gasteiger partial charge in [-0.3, -0.25) is 9.59 Å². The molecule has 0 unspecified atom stereocenters. The van der Waals surface area contributed by atoms with E-state index in [1.807, 2.05) is 32.2 Å². The molecule has 210 valence electrons. The molecule has 0 spiro atoms. The molecular formula is C24H25N13O2S2. The minimum atomic E-state index is -0.485. The Morgan fingerprint density at radius 2 is 1.46 bits per heavy atom. The first kappa shape index (κ1) is 27.9. The molecule has 0 aromatic carbocycles. The van der Waals surface area contributed by atoms with E-state index in [1.165, 1.54) is 17.2 Å². The highest BCUT2D eigenvalue weighted by atomic mass is 32.2. The Hall–Kier alpha value is -4.64. The van der Waals surface area contributed by atoms with Crippen LogP contribution in [-0.2, 0) is 7.05 Å². The number of amides is 2. The molecule has 0 saturated carbocycles. The number of rotatable bonds is 8. The third-order valence-electron chi connectivity index (χ3n) is 5.83. The van der Waals surface area contributed by atoms with Crippen LogP contribution in [0, 0.1) is 0 Å². The molecule has 17 heteroatoms. The Morgan fingerprint density at radius 1 is 0.902 bits per heavy atom. The smallest absolute Gasteiger partial charge is 0.251 e. The van der Waals surface area contributed by atoms with Gasteiger partial charge in [0.1, 0.15) is 6.54 Å². The van der Waals surface area contributed by atoms with E-state index in [0.29, 0.717) is 23.5 Å². The standard InChI is InChI=1S/C12H13N7OS.C12H12N6OS/c1-3-21-10-8(11(13)20)5-14-19-6-7(4-9(10)19)12-15-17-18(2)16-12;1-2-20-11-8(12(13)19)4-15-18-6-7(3-10(11)18)9-5-14-17-16-9/h4-6H,3H2,1-2H3,(H2,13,20);3-4,6H,2,5H2,1H3,(H2,13,19). The van der Waals surface area contributed by atoms with E-state index in [-0.39, 0.29) is 0 Å². The molecule has 4 N–H and O–H groups in total. The number of hydrogen-bond donors (Lipinski definition) is 2. The normalized spacial score (nSPS) is 12.5. The van der Waals surface area contributed by atoms with Gasteiger partial charge in [-0.15, -0.1) is 38.8 Å². The number of hydrogen-bond acceptors (Lipinski definition) is 12. The van der Waals surface area contributed by atoms with Crippen molar-refractivity contribution in [3.8, 4) is 11.4 Å². The maximum atomic E-state index is 11.5. The fourth-order valence-electron chi connectivity index (χ4n) is 4.05. The number of carbonyl (C=O) groups excluding carboxylic acids is 2. The Kier molecular flexibility index (Phi) is 8.06. The molecule has 0 bridgehead atoms. The number of nitrogens with zero attached hydrogens (tertiary/aromatic N) is 11. The third kappa shape index (κ3) is 5.66. The second-order valence-electron chi connectivity index (χ2n) is 8.52. The Balaban J connectivity index is 0.000000165. The molecule has 0 radical (unpaired) electrons. The van der Waals surface area contributed by atoms with Crippen molar-refractivity contribution in [1.29, 1.82) is 0 Å². The van der Waals surface area contributed by atoms with Crippen LogP contribution in [0.15, 0.2) is 62.1 Å². The lowest BCUT2D eigenvalue weighted by Gasteiger charge is -2.06. The average Bonchev–Trinajstić information content (AvgIpc) is 3.75. The second kappa shape index (κ2) is 11.8. The van der Waals surface area contributed by atoms with Crippen LogP contribution in [0.4, 0.5) is 0 Å². The van der Waals surface area contributed by atoms with Gasteiger partial charge in [0, 0.05) is 33.3 Å². The molecule has 5 aromatic rings. The third-order valence-corrected chi connectivity index (χ3v) is 7.85. The highest BCUT2D eigenvalue weighted by Gasteiger charge is 2.18. The van der Waals surface area contributed by atoms with Gasteiger partial charge in [-0.05, 0) is 34.1 Å². The van der Waals surface area contributed by atoms with Crippen LogP contribution in [0.5, 0.6) is 0 Å². The second-order valence-corrected chi connectivity index (χ2v) is 11.1. The van der Waals surface area contributed by atoms with E-state index >= 15 is 0 Å².